The topological polar surface area (TPSA) is 134 Å². The lowest BCUT2D eigenvalue weighted by Crippen LogP contribution is -2.41. The molecule has 0 aromatic heterocycles. The largest absolute Gasteiger partial charge is 0.495 e. The van der Waals surface area contributed by atoms with Gasteiger partial charge < -0.3 is 15.4 Å². The predicted molar refractivity (Wildman–Crippen MR) is 118 cm³/mol. The SMILES string of the molecule is COc1ccccc1NS(=O)(=O)c1ccc(C)c(NC(=O)CN2C(=O)NC(C)(C)C2=O)c1. The van der Waals surface area contributed by atoms with E-state index in [1.54, 1.807) is 51.1 Å². The number of rotatable bonds is 7. The summed E-state index contributed by atoms with van der Waals surface area (Å²) in [6.45, 7) is 4.27. The lowest BCUT2D eigenvalue weighted by atomic mass is 10.1. The number of sulfonamides is 1. The van der Waals surface area contributed by atoms with Gasteiger partial charge in [0.2, 0.25) is 5.91 Å². The number of para-hydroxylation sites is 2. The summed E-state index contributed by atoms with van der Waals surface area (Å²) in [6.07, 6.45) is 0. The fraction of sp³-hybridized carbons (Fsp3) is 0.286. The average Bonchev–Trinajstić information content (AvgIpc) is 2.91. The monoisotopic (exact) mass is 460 g/mol. The number of amides is 4. The van der Waals surface area contributed by atoms with E-state index in [0.717, 1.165) is 4.90 Å². The smallest absolute Gasteiger partial charge is 0.325 e. The molecule has 1 aliphatic heterocycles. The van der Waals surface area contributed by atoms with E-state index in [2.05, 4.69) is 15.4 Å². The highest BCUT2D eigenvalue weighted by Crippen LogP contribution is 2.28. The van der Waals surface area contributed by atoms with Crippen molar-refractivity contribution in [3.8, 4) is 5.75 Å². The van der Waals surface area contributed by atoms with Gasteiger partial charge in [0.05, 0.1) is 17.7 Å². The van der Waals surface area contributed by atoms with Crippen LogP contribution in [-0.4, -0.2) is 50.4 Å². The van der Waals surface area contributed by atoms with Crippen LogP contribution in [0.2, 0.25) is 0 Å². The van der Waals surface area contributed by atoms with Gasteiger partial charge in [-0.1, -0.05) is 18.2 Å². The first-order valence-corrected chi connectivity index (χ1v) is 11.1. The Morgan fingerprint density at radius 3 is 2.44 bits per heavy atom. The number of carbonyl (C=O) groups excluding carboxylic acids is 3. The normalized spacial score (nSPS) is 15.3. The number of hydrogen-bond acceptors (Lipinski definition) is 6. The molecule has 2 aromatic rings. The molecule has 0 unspecified atom stereocenters. The van der Waals surface area contributed by atoms with Crippen molar-refractivity contribution >= 4 is 39.2 Å². The van der Waals surface area contributed by atoms with Crippen LogP contribution in [0.1, 0.15) is 19.4 Å². The number of nitrogens with zero attached hydrogens (tertiary/aromatic N) is 1. The van der Waals surface area contributed by atoms with Gasteiger partial charge in [-0.3, -0.25) is 19.2 Å². The molecule has 2 aromatic carbocycles. The van der Waals surface area contributed by atoms with Crippen molar-refractivity contribution < 1.29 is 27.5 Å². The summed E-state index contributed by atoms with van der Waals surface area (Å²) in [6, 6.07) is 10.2. The maximum Gasteiger partial charge on any atom is 0.325 e. The number of methoxy groups -OCH3 is 1. The van der Waals surface area contributed by atoms with Gasteiger partial charge >= 0.3 is 6.03 Å². The van der Waals surface area contributed by atoms with Crippen molar-refractivity contribution in [3.05, 3.63) is 48.0 Å². The molecule has 1 aliphatic rings. The first-order chi connectivity index (χ1) is 14.9. The van der Waals surface area contributed by atoms with Crippen molar-refractivity contribution in [1.29, 1.82) is 0 Å². The summed E-state index contributed by atoms with van der Waals surface area (Å²) in [5, 5.41) is 5.07. The molecule has 10 nitrogen and oxygen atoms in total. The number of urea groups is 1. The molecule has 0 spiro atoms. The highest BCUT2D eigenvalue weighted by molar-refractivity contribution is 7.92. The second-order valence-electron chi connectivity index (χ2n) is 7.78. The zero-order chi connectivity index (χ0) is 23.7. The fourth-order valence-corrected chi connectivity index (χ4v) is 4.23. The first kappa shape index (κ1) is 23.1. The van der Waals surface area contributed by atoms with Gasteiger partial charge in [0.15, 0.2) is 0 Å². The number of benzene rings is 2. The second-order valence-corrected chi connectivity index (χ2v) is 9.46. The molecule has 1 heterocycles. The molecule has 1 saturated heterocycles. The minimum atomic E-state index is -3.99. The number of ether oxygens (including phenoxy) is 1. The third-order valence-corrected chi connectivity index (χ3v) is 6.25. The number of carbonyl (C=O) groups is 3. The van der Waals surface area contributed by atoms with E-state index in [1.165, 1.54) is 19.2 Å². The Labute approximate surface area is 186 Å². The van der Waals surface area contributed by atoms with Crippen LogP contribution in [0.15, 0.2) is 47.4 Å². The zero-order valence-electron chi connectivity index (χ0n) is 18.1. The van der Waals surface area contributed by atoms with Crippen molar-refractivity contribution in [2.75, 3.05) is 23.7 Å². The van der Waals surface area contributed by atoms with Crippen LogP contribution in [0.5, 0.6) is 5.75 Å². The number of imide groups is 1. The molecular formula is C21H24N4O6S. The zero-order valence-corrected chi connectivity index (χ0v) is 18.9. The molecular weight excluding hydrogens is 436 g/mol. The molecule has 0 atom stereocenters. The Bertz CT molecular complexity index is 1190. The van der Waals surface area contributed by atoms with Crippen LogP contribution in [0.3, 0.4) is 0 Å². The van der Waals surface area contributed by atoms with Crippen molar-refractivity contribution in [2.45, 2.75) is 31.2 Å². The summed E-state index contributed by atoms with van der Waals surface area (Å²) >= 11 is 0. The molecule has 4 amide bonds. The van der Waals surface area contributed by atoms with Gasteiger partial charge in [-0.05, 0) is 50.6 Å². The van der Waals surface area contributed by atoms with Gasteiger partial charge in [-0.25, -0.2) is 13.2 Å². The van der Waals surface area contributed by atoms with E-state index >= 15 is 0 Å². The molecule has 3 N–H and O–H groups in total. The third kappa shape index (κ3) is 4.67. The Balaban J connectivity index is 1.79. The van der Waals surface area contributed by atoms with Gasteiger partial charge in [0.1, 0.15) is 17.8 Å². The lowest BCUT2D eigenvalue weighted by molar-refractivity contribution is -0.132. The van der Waals surface area contributed by atoms with Crippen molar-refractivity contribution in [3.63, 3.8) is 0 Å². The minimum Gasteiger partial charge on any atom is -0.495 e. The van der Waals surface area contributed by atoms with Crippen molar-refractivity contribution in [2.24, 2.45) is 0 Å². The molecule has 1 fully saturated rings. The van der Waals surface area contributed by atoms with Gasteiger partial charge in [0, 0.05) is 5.69 Å². The maximum absolute atomic E-state index is 12.9. The summed E-state index contributed by atoms with van der Waals surface area (Å²) in [5.41, 5.74) is 0.0181. The van der Waals surface area contributed by atoms with Crippen LogP contribution >= 0.6 is 0 Å². The van der Waals surface area contributed by atoms with Crippen molar-refractivity contribution in [1.82, 2.24) is 10.2 Å². The Morgan fingerprint density at radius 1 is 1.12 bits per heavy atom. The molecule has 0 aliphatic carbocycles. The van der Waals surface area contributed by atoms with E-state index in [1.807, 2.05) is 0 Å². The van der Waals surface area contributed by atoms with Gasteiger partial charge in [0.25, 0.3) is 15.9 Å². The van der Waals surface area contributed by atoms with E-state index in [-0.39, 0.29) is 16.3 Å². The highest BCUT2D eigenvalue weighted by atomic mass is 32.2. The van der Waals surface area contributed by atoms with Crippen LogP contribution < -0.4 is 20.1 Å². The standard InChI is InChI=1S/C21H24N4O6S/c1-13-9-10-14(32(29,30)24-15-7-5-6-8-17(15)31-4)11-16(13)22-18(26)12-25-19(27)21(2,3)23-20(25)28/h5-11,24H,12H2,1-4H3,(H,22,26)(H,23,28). The molecule has 0 bridgehead atoms. The molecule has 0 radical (unpaired) electrons. The number of nitrogens with one attached hydrogen (secondary N) is 3. The number of anilines is 2. The Hall–Kier alpha value is -3.60. The van der Waals surface area contributed by atoms with E-state index in [4.69, 9.17) is 4.74 Å². The number of aryl methyl sites for hydroxylation is 1. The lowest BCUT2D eigenvalue weighted by Gasteiger charge is -2.17. The summed E-state index contributed by atoms with van der Waals surface area (Å²) < 4.78 is 33.4. The average molecular weight is 461 g/mol. The summed E-state index contributed by atoms with van der Waals surface area (Å²) in [4.78, 5) is 37.5. The van der Waals surface area contributed by atoms with E-state index in [0.29, 0.717) is 11.3 Å². The third-order valence-electron chi connectivity index (χ3n) is 4.89. The fourth-order valence-electron chi connectivity index (χ4n) is 3.13. The Morgan fingerprint density at radius 2 is 1.81 bits per heavy atom. The second kappa shape index (κ2) is 8.50. The summed E-state index contributed by atoms with van der Waals surface area (Å²) in [5.74, 6) is -0.804. The van der Waals surface area contributed by atoms with Gasteiger partial charge in [-0.15, -0.1) is 0 Å². The number of hydrogen-bond donors (Lipinski definition) is 3. The Kier molecular flexibility index (Phi) is 6.13. The molecule has 32 heavy (non-hydrogen) atoms. The minimum absolute atomic E-state index is 0.0829. The molecule has 3 rings (SSSR count). The molecule has 0 saturated carbocycles. The molecule has 11 heteroatoms. The maximum atomic E-state index is 12.9. The first-order valence-electron chi connectivity index (χ1n) is 9.65. The van der Waals surface area contributed by atoms with Crippen LogP contribution in [-0.2, 0) is 19.6 Å². The van der Waals surface area contributed by atoms with Gasteiger partial charge in [-0.2, -0.15) is 0 Å². The van der Waals surface area contributed by atoms with E-state index in [9.17, 15) is 22.8 Å². The molecule has 170 valence electrons. The van der Waals surface area contributed by atoms with Crippen LogP contribution in [0.25, 0.3) is 0 Å². The predicted octanol–water partition coefficient (Wildman–Crippen LogP) is 2.07. The van der Waals surface area contributed by atoms with E-state index < -0.39 is 40.0 Å². The highest BCUT2D eigenvalue weighted by Gasteiger charge is 2.44. The van der Waals surface area contributed by atoms with Crippen LogP contribution in [0.4, 0.5) is 16.2 Å². The quantitative estimate of drug-likeness (QED) is 0.542. The summed E-state index contributed by atoms with van der Waals surface area (Å²) in [7, 11) is -2.56. The van der Waals surface area contributed by atoms with Crippen LogP contribution in [0, 0.1) is 6.92 Å².